The largest absolute Gasteiger partial charge is 0.302 e. The highest BCUT2D eigenvalue weighted by Crippen LogP contribution is 2.30. The zero-order chi connectivity index (χ0) is 20.8. The van der Waals surface area contributed by atoms with E-state index in [0.717, 1.165) is 23.4 Å². The Bertz CT molecular complexity index is 1020. The summed E-state index contributed by atoms with van der Waals surface area (Å²) < 4.78 is 14.8. The van der Waals surface area contributed by atoms with Crippen molar-refractivity contribution in [3.63, 3.8) is 0 Å². The lowest BCUT2D eigenvalue weighted by Crippen LogP contribution is -2.38. The summed E-state index contributed by atoms with van der Waals surface area (Å²) in [5.41, 5.74) is 1.06. The fourth-order valence-corrected chi connectivity index (χ4v) is 4.17. The van der Waals surface area contributed by atoms with Crippen LogP contribution in [0, 0.1) is 5.82 Å². The first-order chi connectivity index (χ1) is 14.0. The number of amides is 1. The zero-order valence-electron chi connectivity index (χ0n) is 16.4. The number of para-hydroxylation sites is 1. The van der Waals surface area contributed by atoms with E-state index in [1.807, 2.05) is 24.3 Å². The third-order valence-electron chi connectivity index (χ3n) is 4.70. The predicted molar refractivity (Wildman–Crippen MR) is 120 cm³/mol. The molecule has 29 heavy (non-hydrogen) atoms. The molecule has 2 aromatic carbocycles. The van der Waals surface area contributed by atoms with E-state index < -0.39 is 0 Å². The summed E-state index contributed by atoms with van der Waals surface area (Å²) in [6.07, 6.45) is 3.19. The quantitative estimate of drug-likeness (QED) is 0.443. The molecule has 0 bridgehead atoms. The lowest BCUT2D eigenvalue weighted by molar-refractivity contribution is -0.114. The molecule has 0 unspecified atom stereocenters. The molecule has 0 N–H and O–H groups in total. The van der Waals surface area contributed by atoms with Gasteiger partial charge in [0.25, 0.3) is 5.91 Å². The van der Waals surface area contributed by atoms with Gasteiger partial charge in [0.2, 0.25) is 0 Å². The summed E-state index contributed by atoms with van der Waals surface area (Å²) in [7, 11) is 0. The topological polar surface area (TPSA) is 36.4 Å². The lowest BCUT2D eigenvalue weighted by atomic mass is 10.2. The third-order valence-corrected chi connectivity index (χ3v) is 6.09. The van der Waals surface area contributed by atoms with E-state index in [4.69, 9.17) is 11.6 Å². The van der Waals surface area contributed by atoms with Gasteiger partial charge in [0.05, 0.1) is 4.70 Å². The van der Waals surface area contributed by atoms with Gasteiger partial charge >= 0.3 is 0 Å². The van der Waals surface area contributed by atoms with E-state index >= 15 is 0 Å². The average molecular weight is 432 g/mol. The fraction of sp³-hybridized carbons (Fsp3) is 0.273. The number of rotatable bonds is 8. The highest BCUT2D eigenvalue weighted by Gasteiger charge is 2.19. The van der Waals surface area contributed by atoms with Gasteiger partial charge in [-0.2, -0.15) is 0 Å². The molecule has 0 radical (unpaired) electrons. The molecule has 0 aliphatic rings. The SMILES string of the molecule is CCN(CC)CCN(C(=O)C=Cc1ccccc1Cl)c1nc2c(F)cccc2s1. The van der Waals surface area contributed by atoms with Crippen molar-refractivity contribution in [1.82, 2.24) is 9.88 Å². The van der Waals surface area contributed by atoms with Crippen molar-refractivity contribution in [2.24, 2.45) is 0 Å². The van der Waals surface area contributed by atoms with Crippen molar-refractivity contribution in [3.8, 4) is 0 Å². The number of carbonyl (C=O) groups excluding carboxylic acids is 1. The smallest absolute Gasteiger partial charge is 0.252 e. The van der Waals surface area contributed by atoms with Gasteiger partial charge in [-0.1, -0.05) is 61.1 Å². The monoisotopic (exact) mass is 431 g/mol. The van der Waals surface area contributed by atoms with Crippen molar-refractivity contribution in [1.29, 1.82) is 0 Å². The number of fused-ring (bicyclic) bond motifs is 1. The van der Waals surface area contributed by atoms with Gasteiger partial charge in [-0.3, -0.25) is 9.69 Å². The molecule has 0 spiro atoms. The van der Waals surface area contributed by atoms with E-state index in [1.54, 1.807) is 23.1 Å². The van der Waals surface area contributed by atoms with Crippen LogP contribution >= 0.6 is 22.9 Å². The van der Waals surface area contributed by atoms with E-state index in [0.29, 0.717) is 28.8 Å². The van der Waals surface area contributed by atoms with Crippen LogP contribution in [0.4, 0.5) is 9.52 Å². The highest BCUT2D eigenvalue weighted by atomic mass is 35.5. The molecule has 0 saturated carbocycles. The Morgan fingerprint density at radius 3 is 2.59 bits per heavy atom. The number of benzene rings is 2. The van der Waals surface area contributed by atoms with Gasteiger partial charge in [-0.25, -0.2) is 9.37 Å². The van der Waals surface area contributed by atoms with Crippen LogP contribution in [-0.4, -0.2) is 42.0 Å². The molecular weight excluding hydrogens is 409 g/mol. The molecule has 0 atom stereocenters. The van der Waals surface area contributed by atoms with Crippen molar-refractivity contribution >= 4 is 50.3 Å². The Labute approximate surface area is 179 Å². The van der Waals surface area contributed by atoms with Crippen LogP contribution in [-0.2, 0) is 4.79 Å². The summed E-state index contributed by atoms with van der Waals surface area (Å²) in [6, 6.07) is 12.2. The van der Waals surface area contributed by atoms with Gasteiger partial charge in [0.15, 0.2) is 5.13 Å². The van der Waals surface area contributed by atoms with Crippen molar-refractivity contribution < 1.29 is 9.18 Å². The minimum Gasteiger partial charge on any atom is -0.302 e. The van der Waals surface area contributed by atoms with Crippen LogP contribution < -0.4 is 4.90 Å². The average Bonchev–Trinajstić information content (AvgIpc) is 3.16. The molecule has 4 nitrogen and oxygen atoms in total. The summed E-state index contributed by atoms with van der Waals surface area (Å²) in [6.45, 7) is 7.12. The van der Waals surface area contributed by atoms with E-state index in [9.17, 15) is 9.18 Å². The predicted octanol–water partition coefficient (Wildman–Crippen LogP) is 5.48. The number of thiazole rings is 1. The minimum atomic E-state index is -0.382. The molecule has 3 aromatic rings. The van der Waals surface area contributed by atoms with Crippen LogP contribution in [0.5, 0.6) is 0 Å². The summed E-state index contributed by atoms with van der Waals surface area (Å²) in [5.74, 6) is -0.593. The standard InChI is InChI=1S/C22H23ClFN3OS/c1-3-26(4-2)14-15-27(20(28)13-12-16-8-5-6-9-17(16)23)22-25-21-18(24)10-7-11-19(21)29-22/h5-13H,3-4,14-15H2,1-2H3. The molecule has 0 aliphatic carbocycles. The van der Waals surface area contributed by atoms with E-state index in [-0.39, 0.29) is 11.7 Å². The Morgan fingerprint density at radius 2 is 1.90 bits per heavy atom. The fourth-order valence-electron chi connectivity index (χ4n) is 2.96. The first-order valence-electron chi connectivity index (χ1n) is 9.55. The minimum absolute atomic E-state index is 0.212. The molecule has 3 rings (SSSR count). The molecule has 1 aromatic heterocycles. The first kappa shape index (κ1) is 21.4. The van der Waals surface area contributed by atoms with Gasteiger partial charge in [-0.15, -0.1) is 0 Å². The second kappa shape index (κ2) is 9.96. The number of carbonyl (C=O) groups is 1. The summed E-state index contributed by atoms with van der Waals surface area (Å²) >= 11 is 7.50. The molecular formula is C22H23ClFN3OS. The Hall–Kier alpha value is -2.28. The molecule has 0 saturated heterocycles. The maximum Gasteiger partial charge on any atom is 0.252 e. The zero-order valence-corrected chi connectivity index (χ0v) is 18.0. The van der Waals surface area contributed by atoms with E-state index in [2.05, 4.69) is 23.7 Å². The number of hydrogen-bond donors (Lipinski definition) is 0. The number of hydrogen-bond acceptors (Lipinski definition) is 4. The highest BCUT2D eigenvalue weighted by molar-refractivity contribution is 7.22. The van der Waals surface area contributed by atoms with E-state index in [1.165, 1.54) is 23.5 Å². The third kappa shape index (κ3) is 5.21. The molecule has 1 amide bonds. The number of likely N-dealkylation sites (N-methyl/N-ethyl adjacent to an activating group) is 1. The lowest BCUT2D eigenvalue weighted by Gasteiger charge is -2.23. The second-order valence-corrected chi connectivity index (χ2v) is 7.87. The maximum atomic E-state index is 14.1. The number of aromatic nitrogens is 1. The van der Waals surface area contributed by atoms with Gasteiger partial charge in [0, 0.05) is 24.2 Å². The van der Waals surface area contributed by atoms with Crippen LogP contribution in [0.15, 0.2) is 48.5 Å². The second-order valence-electron chi connectivity index (χ2n) is 6.45. The van der Waals surface area contributed by atoms with Crippen molar-refractivity contribution in [3.05, 3.63) is 64.9 Å². The van der Waals surface area contributed by atoms with Crippen LogP contribution in [0.25, 0.3) is 16.3 Å². The summed E-state index contributed by atoms with van der Waals surface area (Å²) in [4.78, 5) is 21.3. The number of anilines is 1. The van der Waals surface area contributed by atoms with Crippen LogP contribution in [0.3, 0.4) is 0 Å². The normalized spacial score (nSPS) is 11.6. The Kier molecular flexibility index (Phi) is 7.36. The molecule has 152 valence electrons. The van der Waals surface area contributed by atoms with Crippen LogP contribution in [0.1, 0.15) is 19.4 Å². The van der Waals surface area contributed by atoms with Gasteiger partial charge in [-0.05, 0) is 42.9 Å². The summed E-state index contributed by atoms with van der Waals surface area (Å²) in [5, 5.41) is 1.07. The van der Waals surface area contributed by atoms with Crippen LogP contribution in [0.2, 0.25) is 5.02 Å². The maximum absolute atomic E-state index is 14.1. The van der Waals surface area contributed by atoms with Crippen molar-refractivity contribution in [2.45, 2.75) is 13.8 Å². The Balaban J connectivity index is 1.90. The van der Waals surface area contributed by atoms with Crippen molar-refractivity contribution in [2.75, 3.05) is 31.1 Å². The molecule has 1 heterocycles. The first-order valence-corrected chi connectivity index (χ1v) is 10.7. The molecule has 0 fully saturated rings. The molecule has 0 aliphatic heterocycles. The Morgan fingerprint density at radius 1 is 1.14 bits per heavy atom. The number of nitrogens with zero attached hydrogens (tertiary/aromatic N) is 3. The molecule has 7 heteroatoms. The van der Waals surface area contributed by atoms with Gasteiger partial charge < -0.3 is 4.90 Å². The number of halogens is 2. The van der Waals surface area contributed by atoms with Gasteiger partial charge in [0.1, 0.15) is 11.3 Å².